The minimum atomic E-state index is -1.04. The van der Waals surface area contributed by atoms with Crippen molar-refractivity contribution < 1.29 is 14.1 Å². The van der Waals surface area contributed by atoms with Crippen LogP contribution in [0.2, 0.25) is 0 Å². The van der Waals surface area contributed by atoms with Crippen LogP contribution in [0.5, 0.6) is 0 Å². The van der Waals surface area contributed by atoms with Crippen LogP contribution in [0.3, 0.4) is 0 Å². The van der Waals surface area contributed by atoms with E-state index in [1.165, 1.54) is 13.2 Å². The van der Waals surface area contributed by atoms with Gasteiger partial charge in [-0.15, -0.1) is 0 Å². The molecule has 1 N–H and O–H groups in total. The van der Waals surface area contributed by atoms with Crippen LogP contribution in [0, 0.1) is 5.82 Å². The Morgan fingerprint density at radius 1 is 0.655 bits per heavy atom. The van der Waals surface area contributed by atoms with Gasteiger partial charge in [-0.25, -0.2) is 4.39 Å². The first-order chi connectivity index (χ1) is 14.2. The molecule has 5 rings (SSSR count). The third-order valence-electron chi connectivity index (χ3n) is 5.58. The summed E-state index contributed by atoms with van der Waals surface area (Å²) < 4.78 is 19.8. The van der Waals surface area contributed by atoms with Gasteiger partial charge in [0.05, 0.1) is 0 Å². The summed E-state index contributed by atoms with van der Waals surface area (Å²) in [5.41, 5.74) is 2.74. The lowest BCUT2D eigenvalue weighted by molar-refractivity contribution is 0.342. The number of hydrogen-bond acceptors (Lipinski definition) is 2. The number of hydrogen-bond donors (Lipinski definition) is 1. The molecule has 0 aromatic heterocycles. The van der Waals surface area contributed by atoms with Crippen LogP contribution in [-0.4, -0.2) is 19.3 Å². The summed E-state index contributed by atoms with van der Waals surface area (Å²) in [6.07, 6.45) is 0. The van der Waals surface area contributed by atoms with Crippen LogP contribution in [0.1, 0.15) is 0 Å². The molecule has 4 heteroatoms. The zero-order valence-corrected chi connectivity index (χ0v) is 15.9. The number of halogens is 1. The molecule has 0 amide bonds. The van der Waals surface area contributed by atoms with E-state index in [1.807, 2.05) is 78.9 Å². The molecule has 0 saturated heterocycles. The first-order valence-electron chi connectivity index (χ1n) is 9.52. The molecule has 0 aliphatic rings. The third kappa shape index (κ3) is 2.72. The maximum absolute atomic E-state index is 14.5. The van der Waals surface area contributed by atoms with Crippen molar-refractivity contribution in [1.29, 1.82) is 0 Å². The van der Waals surface area contributed by atoms with Gasteiger partial charge < -0.3 is 9.68 Å². The van der Waals surface area contributed by atoms with E-state index in [-0.39, 0.29) is 5.82 Å². The number of rotatable bonds is 3. The van der Waals surface area contributed by atoms with Gasteiger partial charge in [0.15, 0.2) is 0 Å². The number of fused-ring (bicyclic) bond motifs is 3. The Morgan fingerprint density at radius 2 is 1.14 bits per heavy atom. The first-order valence-corrected chi connectivity index (χ1v) is 9.52. The van der Waals surface area contributed by atoms with Crippen molar-refractivity contribution in [3.05, 3.63) is 90.7 Å². The summed E-state index contributed by atoms with van der Waals surface area (Å²) >= 11 is 0. The molecule has 0 radical (unpaired) electrons. The molecule has 0 spiro atoms. The van der Waals surface area contributed by atoms with Crippen molar-refractivity contribution in [1.82, 2.24) is 0 Å². The second-order valence-electron chi connectivity index (χ2n) is 7.11. The Kier molecular flexibility index (Phi) is 4.31. The lowest BCUT2D eigenvalue weighted by atomic mass is 9.72. The predicted octanol–water partition coefficient (Wildman–Crippen LogP) is 5.29. The maximum atomic E-state index is 14.5. The highest BCUT2D eigenvalue weighted by Gasteiger charge is 2.24. The van der Waals surface area contributed by atoms with Gasteiger partial charge in [0.1, 0.15) is 5.82 Å². The normalized spacial score (nSPS) is 11.4. The Labute approximate surface area is 168 Å². The minimum Gasteiger partial charge on any atom is -0.423 e. The molecule has 0 saturated carbocycles. The SMILES string of the molecule is COB(O)c1c2ccccc2c(-c2ccc(F)c3ccccc23)c2ccccc12. The highest BCUT2D eigenvalue weighted by atomic mass is 19.1. The summed E-state index contributed by atoms with van der Waals surface area (Å²) in [7, 11) is 0.458. The molecule has 0 atom stereocenters. The highest BCUT2D eigenvalue weighted by molar-refractivity contribution is 6.67. The Morgan fingerprint density at radius 3 is 1.69 bits per heavy atom. The minimum absolute atomic E-state index is 0.232. The molecule has 5 aromatic rings. The molecule has 0 heterocycles. The van der Waals surface area contributed by atoms with Gasteiger partial charge in [-0.2, -0.15) is 0 Å². The highest BCUT2D eigenvalue weighted by Crippen LogP contribution is 2.39. The van der Waals surface area contributed by atoms with Gasteiger partial charge in [-0.3, -0.25) is 0 Å². The fourth-order valence-corrected chi connectivity index (χ4v) is 4.32. The molecule has 140 valence electrons. The second-order valence-corrected chi connectivity index (χ2v) is 7.11. The van der Waals surface area contributed by atoms with Gasteiger partial charge in [-0.05, 0) is 49.6 Å². The standard InChI is InChI=1S/C25H18BFO2/c1-29-26(28)25-21-12-6-4-10-18(21)24(19-11-5-7-13-22(19)25)20-14-15-23(27)17-9-3-2-8-16(17)20/h2-15,28H,1H3. The first kappa shape index (κ1) is 17.9. The monoisotopic (exact) mass is 380 g/mol. The van der Waals surface area contributed by atoms with E-state index in [0.29, 0.717) is 5.39 Å². The molecule has 2 nitrogen and oxygen atoms in total. The summed E-state index contributed by atoms with van der Waals surface area (Å²) in [5, 5.41) is 15.9. The average molecular weight is 380 g/mol. The second kappa shape index (κ2) is 7.00. The Bertz CT molecular complexity index is 1320. The zero-order chi connectivity index (χ0) is 20.0. The molecule has 29 heavy (non-hydrogen) atoms. The van der Waals surface area contributed by atoms with E-state index < -0.39 is 7.12 Å². The fourth-order valence-electron chi connectivity index (χ4n) is 4.32. The summed E-state index contributed by atoms with van der Waals surface area (Å²) in [6.45, 7) is 0. The molecule has 0 unspecified atom stereocenters. The van der Waals surface area contributed by atoms with E-state index in [1.54, 1.807) is 0 Å². The topological polar surface area (TPSA) is 29.5 Å². The lowest BCUT2D eigenvalue weighted by Gasteiger charge is -2.19. The van der Waals surface area contributed by atoms with Gasteiger partial charge in [-0.1, -0.05) is 78.9 Å². The van der Waals surface area contributed by atoms with Gasteiger partial charge in [0.2, 0.25) is 0 Å². The van der Waals surface area contributed by atoms with Crippen molar-refractivity contribution in [3.8, 4) is 11.1 Å². The van der Waals surface area contributed by atoms with Crippen molar-refractivity contribution >= 4 is 44.9 Å². The van der Waals surface area contributed by atoms with Crippen LogP contribution in [-0.2, 0) is 4.65 Å². The zero-order valence-electron chi connectivity index (χ0n) is 15.9. The molecular weight excluding hydrogens is 362 g/mol. The molecule has 0 fully saturated rings. The lowest BCUT2D eigenvalue weighted by Crippen LogP contribution is -2.34. The van der Waals surface area contributed by atoms with Crippen molar-refractivity contribution in [2.45, 2.75) is 0 Å². The van der Waals surface area contributed by atoms with Crippen LogP contribution < -0.4 is 5.46 Å². The molecule has 0 bridgehead atoms. The van der Waals surface area contributed by atoms with E-state index in [0.717, 1.165) is 43.5 Å². The smallest absolute Gasteiger partial charge is 0.423 e. The summed E-state index contributed by atoms with van der Waals surface area (Å²) in [6, 6.07) is 26.9. The Balaban J connectivity index is 2.02. The van der Waals surface area contributed by atoms with Crippen LogP contribution in [0.25, 0.3) is 43.4 Å². The van der Waals surface area contributed by atoms with Crippen LogP contribution in [0.4, 0.5) is 4.39 Å². The average Bonchev–Trinajstić information content (AvgIpc) is 2.78. The Hall–Kier alpha value is -3.21. The van der Waals surface area contributed by atoms with Gasteiger partial charge >= 0.3 is 7.12 Å². The molecular formula is C25H18BFO2. The maximum Gasteiger partial charge on any atom is 0.492 e. The molecule has 0 aliphatic heterocycles. The summed E-state index contributed by atoms with van der Waals surface area (Å²) in [4.78, 5) is 0. The fraction of sp³-hybridized carbons (Fsp3) is 0.0400. The summed E-state index contributed by atoms with van der Waals surface area (Å²) in [5.74, 6) is -0.232. The van der Waals surface area contributed by atoms with Crippen molar-refractivity contribution in [3.63, 3.8) is 0 Å². The largest absolute Gasteiger partial charge is 0.492 e. The van der Waals surface area contributed by atoms with E-state index in [2.05, 4.69) is 0 Å². The number of benzene rings is 5. The van der Waals surface area contributed by atoms with Gasteiger partial charge in [0, 0.05) is 12.5 Å². The van der Waals surface area contributed by atoms with E-state index in [4.69, 9.17) is 4.65 Å². The molecule has 5 aromatic carbocycles. The van der Waals surface area contributed by atoms with E-state index in [9.17, 15) is 9.41 Å². The predicted molar refractivity (Wildman–Crippen MR) is 119 cm³/mol. The third-order valence-corrected chi connectivity index (χ3v) is 5.58. The van der Waals surface area contributed by atoms with E-state index >= 15 is 0 Å². The van der Waals surface area contributed by atoms with Crippen LogP contribution >= 0.6 is 0 Å². The quantitative estimate of drug-likeness (QED) is 0.341. The van der Waals surface area contributed by atoms with Crippen molar-refractivity contribution in [2.75, 3.05) is 7.11 Å². The van der Waals surface area contributed by atoms with Crippen molar-refractivity contribution in [2.24, 2.45) is 0 Å². The van der Waals surface area contributed by atoms with Crippen LogP contribution in [0.15, 0.2) is 84.9 Å². The molecule has 0 aliphatic carbocycles. The van der Waals surface area contributed by atoms with Gasteiger partial charge in [0.25, 0.3) is 0 Å².